The van der Waals surface area contributed by atoms with Gasteiger partial charge in [0.2, 0.25) is 6.29 Å². The van der Waals surface area contributed by atoms with Crippen LogP contribution in [0.2, 0.25) is 0 Å². The molecule has 0 aromatic rings. The predicted octanol–water partition coefficient (Wildman–Crippen LogP) is -0.785. The minimum atomic E-state index is -0.200. The fraction of sp³-hybridized carbons (Fsp3) is 0.600. The van der Waals surface area contributed by atoms with Crippen molar-refractivity contribution in [2.75, 3.05) is 6.54 Å². The maximum absolute atomic E-state index is 9.84. The fourth-order valence-corrected chi connectivity index (χ4v) is 0.305. The molecule has 1 atom stereocenters. The van der Waals surface area contributed by atoms with Crippen molar-refractivity contribution in [3.05, 3.63) is 0 Å². The van der Waals surface area contributed by atoms with E-state index in [0.717, 1.165) is 0 Å². The smallest absolute Gasteiger partial charge is 0.203 e. The molecule has 0 fully saturated rings. The standard InChI is InChI=1S/C5H10N3O/c1-4(3-9)2-8-5(6)7/h4H,2H2,1H3,(H4,6,7,8). The molecule has 0 heterocycles. The molecule has 0 saturated carbocycles. The molecular formula is C5H10N3O. The zero-order valence-electron chi connectivity index (χ0n) is 5.27. The van der Waals surface area contributed by atoms with Gasteiger partial charge in [-0.2, -0.15) is 0 Å². The number of guanidine groups is 1. The molecule has 51 valence electrons. The van der Waals surface area contributed by atoms with Crippen molar-refractivity contribution < 1.29 is 4.79 Å². The van der Waals surface area contributed by atoms with Crippen LogP contribution >= 0.6 is 0 Å². The van der Waals surface area contributed by atoms with Gasteiger partial charge in [-0.15, -0.1) is 0 Å². The van der Waals surface area contributed by atoms with Crippen molar-refractivity contribution in [1.29, 1.82) is 5.41 Å². The third-order valence-electron chi connectivity index (χ3n) is 0.800. The Balaban J connectivity index is 3.26. The molecule has 0 spiro atoms. The number of hydrogen-bond acceptors (Lipinski definition) is 2. The van der Waals surface area contributed by atoms with Crippen LogP contribution in [0.5, 0.6) is 0 Å². The first-order valence-corrected chi connectivity index (χ1v) is 2.62. The Labute approximate surface area is 53.9 Å². The highest BCUT2D eigenvalue weighted by atomic mass is 16.1. The lowest BCUT2D eigenvalue weighted by Crippen LogP contribution is -2.33. The van der Waals surface area contributed by atoms with E-state index < -0.39 is 0 Å². The largest absolute Gasteiger partial charge is 0.370 e. The topological polar surface area (TPSA) is 79.0 Å². The van der Waals surface area contributed by atoms with Crippen molar-refractivity contribution in [2.45, 2.75) is 6.92 Å². The van der Waals surface area contributed by atoms with Gasteiger partial charge in [-0.1, -0.05) is 6.92 Å². The van der Waals surface area contributed by atoms with Gasteiger partial charge in [0.1, 0.15) is 0 Å². The van der Waals surface area contributed by atoms with E-state index in [-0.39, 0.29) is 11.9 Å². The number of carbonyl (C=O) groups excluding carboxylic acids is 1. The van der Waals surface area contributed by atoms with Crippen LogP contribution in [-0.2, 0) is 4.79 Å². The Morgan fingerprint density at radius 2 is 2.56 bits per heavy atom. The summed E-state index contributed by atoms with van der Waals surface area (Å²) in [6, 6.07) is 0. The van der Waals surface area contributed by atoms with Crippen molar-refractivity contribution in [1.82, 2.24) is 5.32 Å². The number of nitrogens with one attached hydrogen (secondary N) is 2. The second kappa shape index (κ2) is 3.88. The zero-order chi connectivity index (χ0) is 7.28. The summed E-state index contributed by atoms with van der Waals surface area (Å²) in [5.74, 6) is -0.314. The van der Waals surface area contributed by atoms with Crippen molar-refractivity contribution in [3.8, 4) is 0 Å². The number of hydrogen-bond donors (Lipinski definition) is 3. The summed E-state index contributed by atoms with van der Waals surface area (Å²) in [6.45, 7) is 2.09. The maximum Gasteiger partial charge on any atom is 0.203 e. The number of rotatable bonds is 3. The van der Waals surface area contributed by atoms with Crippen molar-refractivity contribution >= 4 is 12.2 Å². The molecule has 0 aromatic heterocycles. The molecule has 9 heavy (non-hydrogen) atoms. The van der Waals surface area contributed by atoms with Gasteiger partial charge >= 0.3 is 0 Å². The Bertz CT molecular complexity index is 113. The van der Waals surface area contributed by atoms with Gasteiger partial charge in [0, 0.05) is 12.5 Å². The minimum absolute atomic E-state index is 0.114. The summed E-state index contributed by atoms with van der Waals surface area (Å²) in [7, 11) is 0. The van der Waals surface area contributed by atoms with Crippen molar-refractivity contribution in [2.24, 2.45) is 11.7 Å². The SMILES string of the molecule is CC([C]=O)CNC(=N)N. The van der Waals surface area contributed by atoms with Crippen LogP contribution in [0.1, 0.15) is 6.92 Å². The fourth-order valence-electron chi connectivity index (χ4n) is 0.305. The molecule has 0 rings (SSSR count). The quantitative estimate of drug-likeness (QED) is 0.344. The molecule has 0 amide bonds. The van der Waals surface area contributed by atoms with Gasteiger partial charge in [0.05, 0.1) is 0 Å². The second-order valence-corrected chi connectivity index (χ2v) is 1.81. The lowest BCUT2D eigenvalue weighted by molar-refractivity contribution is 0.526. The molecule has 0 aliphatic heterocycles. The zero-order valence-corrected chi connectivity index (χ0v) is 5.27. The van der Waals surface area contributed by atoms with Crippen molar-refractivity contribution in [3.63, 3.8) is 0 Å². The molecule has 4 nitrogen and oxygen atoms in total. The van der Waals surface area contributed by atoms with Gasteiger partial charge < -0.3 is 11.1 Å². The van der Waals surface area contributed by atoms with Crippen LogP contribution in [0.25, 0.3) is 0 Å². The summed E-state index contributed by atoms with van der Waals surface area (Å²) in [6.07, 6.45) is 1.76. The van der Waals surface area contributed by atoms with Crippen LogP contribution < -0.4 is 11.1 Å². The Morgan fingerprint density at radius 1 is 2.00 bits per heavy atom. The van der Waals surface area contributed by atoms with E-state index in [2.05, 4.69) is 5.32 Å². The average molecular weight is 128 g/mol. The average Bonchev–Trinajstić information content (AvgIpc) is 1.83. The lowest BCUT2D eigenvalue weighted by atomic mass is 10.2. The summed E-state index contributed by atoms with van der Waals surface area (Å²) in [5.41, 5.74) is 4.94. The third kappa shape index (κ3) is 4.80. The van der Waals surface area contributed by atoms with Gasteiger partial charge in [-0.3, -0.25) is 10.2 Å². The first-order chi connectivity index (χ1) is 4.16. The maximum atomic E-state index is 9.84. The van der Waals surface area contributed by atoms with Crippen LogP contribution in [0.4, 0.5) is 0 Å². The van der Waals surface area contributed by atoms with Gasteiger partial charge in [0.25, 0.3) is 0 Å². The van der Waals surface area contributed by atoms with Gasteiger partial charge in [-0.05, 0) is 0 Å². The molecular weight excluding hydrogens is 118 g/mol. The molecule has 1 unspecified atom stereocenters. The second-order valence-electron chi connectivity index (χ2n) is 1.81. The van der Waals surface area contributed by atoms with E-state index in [4.69, 9.17) is 11.1 Å². The van der Waals surface area contributed by atoms with Crippen LogP contribution in [0.3, 0.4) is 0 Å². The number of nitrogens with two attached hydrogens (primary N) is 1. The van der Waals surface area contributed by atoms with E-state index in [0.29, 0.717) is 6.54 Å². The van der Waals surface area contributed by atoms with E-state index in [9.17, 15) is 4.79 Å². The summed E-state index contributed by atoms with van der Waals surface area (Å²) >= 11 is 0. The first kappa shape index (κ1) is 7.94. The predicted molar refractivity (Wildman–Crippen MR) is 34.8 cm³/mol. The highest BCUT2D eigenvalue weighted by Crippen LogP contribution is 1.82. The Hall–Kier alpha value is -1.06. The molecule has 1 radical (unpaired) electrons. The Morgan fingerprint density at radius 3 is 2.89 bits per heavy atom. The van der Waals surface area contributed by atoms with Gasteiger partial charge in [-0.25, -0.2) is 0 Å². The van der Waals surface area contributed by atoms with E-state index >= 15 is 0 Å². The molecule has 0 aromatic carbocycles. The van der Waals surface area contributed by atoms with E-state index in [1.165, 1.54) is 0 Å². The van der Waals surface area contributed by atoms with Gasteiger partial charge in [0.15, 0.2) is 5.96 Å². The van der Waals surface area contributed by atoms with E-state index in [1.807, 2.05) is 0 Å². The molecule has 4 heteroatoms. The highest BCUT2D eigenvalue weighted by Gasteiger charge is 1.98. The lowest BCUT2D eigenvalue weighted by Gasteiger charge is -2.02. The van der Waals surface area contributed by atoms with Crippen LogP contribution in [-0.4, -0.2) is 18.8 Å². The first-order valence-electron chi connectivity index (χ1n) is 2.62. The van der Waals surface area contributed by atoms with E-state index in [1.54, 1.807) is 13.2 Å². The summed E-state index contributed by atoms with van der Waals surface area (Å²) in [5, 5.41) is 9.19. The molecule has 0 bridgehead atoms. The molecule has 4 N–H and O–H groups in total. The summed E-state index contributed by atoms with van der Waals surface area (Å²) < 4.78 is 0. The highest BCUT2D eigenvalue weighted by molar-refractivity contribution is 5.74. The third-order valence-corrected chi connectivity index (χ3v) is 0.800. The molecule has 0 aliphatic carbocycles. The van der Waals surface area contributed by atoms with Crippen LogP contribution in [0, 0.1) is 11.3 Å². The Kier molecular flexibility index (Phi) is 3.43. The summed E-state index contributed by atoms with van der Waals surface area (Å²) in [4.78, 5) is 9.84. The molecule has 0 aliphatic rings. The van der Waals surface area contributed by atoms with Crippen LogP contribution in [0.15, 0.2) is 0 Å². The normalized spacial score (nSPS) is 12.1. The molecule has 0 saturated heterocycles. The monoisotopic (exact) mass is 128 g/mol. The minimum Gasteiger partial charge on any atom is -0.370 e.